The van der Waals surface area contributed by atoms with Gasteiger partial charge in [0.05, 0.1) is 17.3 Å². The Morgan fingerprint density at radius 1 is 1.35 bits per heavy atom. The number of aromatic amines is 1. The van der Waals surface area contributed by atoms with E-state index >= 15 is 0 Å². The van der Waals surface area contributed by atoms with Gasteiger partial charge in [-0.25, -0.2) is 5.10 Å². The molecule has 2 rings (SSSR count). The van der Waals surface area contributed by atoms with E-state index in [1.54, 1.807) is 18.2 Å². The Kier molecular flexibility index (Phi) is 3.31. The first-order chi connectivity index (χ1) is 8.09. The summed E-state index contributed by atoms with van der Waals surface area (Å²) in [6, 6.07) is 4.91. The van der Waals surface area contributed by atoms with Gasteiger partial charge < -0.3 is 5.32 Å². The molecule has 0 atom stereocenters. The maximum atomic E-state index is 11.5. The molecular formula is C10H7Cl2N3O2. The van der Waals surface area contributed by atoms with Crippen LogP contribution in [0.5, 0.6) is 0 Å². The standard InChI is InChI=1S/C10H7Cl2N3O2/c11-8(12)10(17)14-7-3-1-2-5-6(7)4-13-15-9(5)16/h1-4,8H,(H,14,17)(H,15,16). The number of hydrogen-bond acceptors (Lipinski definition) is 3. The van der Waals surface area contributed by atoms with E-state index in [0.29, 0.717) is 16.5 Å². The number of H-pyrrole nitrogens is 1. The zero-order valence-electron chi connectivity index (χ0n) is 8.41. The Morgan fingerprint density at radius 3 is 2.82 bits per heavy atom. The summed E-state index contributed by atoms with van der Waals surface area (Å²) in [5.41, 5.74) is 0.115. The van der Waals surface area contributed by atoms with Crippen LogP contribution >= 0.6 is 23.2 Å². The smallest absolute Gasteiger partial charge is 0.272 e. The lowest BCUT2D eigenvalue weighted by molar-refractivity contribution is -0.114. The molecule has 0 bridgehead atoms. The molecule has 17 heavy (non-hydrogen) atoms. The van der Waals surface area contributed by atoms with Crippen LogP contribution < -0.4 is 10.9 Å². The molecule has 0 fully saturated rings. The number of hydrogen-bond donors (Lipinski definition) is 2. The van der Waals surface area contributed by atoms with Crippen LogP contribution in [-0.2, 0) is 4.79 Å². The van der Waals surface area contributed by atoms with Crippen molar-refractivity contribution >= 4 is 45.6 Å². The highest BCUT2D eigenvalue weighted by molar-refractivity contribution is 6.54. The fourth-order valence-electron chi connectivity index (χ4n) is 1.41. The van der Waals surface area contributed by atoms with Crippen LogP contribution in [-0.4, -0.2) is 20.9 Å². The predicted molar refractivity (Wildman–Crippen MR) is 66.5 cm³/mol. The third kappa shape index (κ3) is 2.40. The van der Waals surface area contributed by atoms with E-state index in [9.17, 15) is 9.59 Å². The third-order valence-corrected chi connectivity index (χ3v) is 2.56. The lowest BCUT2D eigenvalue weighted by atomic mass is 10.1. The van der Waals surface area contributed by atoms with Gasteiger partial charge in [0.25, 0.3) is 11.5 Å². The second-order valence-electron chi connectivity index (χ2n) is 3.26. The first kappa shape index (κ1) is 11.9. The van der Waals surface area contributed by atoms with Gasteiger partial charge in [0.15, 0.2) is 4.84 Å². The van der Waals surface area contributed by atoms with Gasteiger partial charge in [-0.05, 0) is 12.1 Å². The number of halogens is 2. The molecule has 0 aliphatic carbocycles. The van der Waals surface area contributed by atoms with Crippen LogP contribution in [0.4, 0.5) is 5.69 Å². The Hall–Kier alpha value is -1.59. The van der Waals surface area contributed by atoms with Crippen molar-refractivity contribution in [3.05, 3.63) is 34.7 Å². The van der Waals surface area contributed by atoms with E-state index < -0.39 is 10.7 Å². The largest absolute Gasteiger partial charge is 0.323 e. The van der Waals surface area contributed by atoms with Gasteiger partial charge in [-0.15, -0.1) is 0 Å². The Labute approximate surface area is 106 Å². The molecule has 88 valence electrons. The lowest BCUT2D eigenvalue weighted by Crippen LogP contribution is -2.19. The minimum atomic E-state index is -1.17. The van der Waals surface area contributed by atoms with Crippen LogP contribution in [0.15, 0.2) is 29.2 Å². The fraction of sp³-hybridized carbons (Fsp3) is 0.100. The van der Waals surface area contributed by atoms with Gasteiger partial charge in [-0.2, -0.15) is 5.10 Å². The minimum absolute atomic E-state index is 0.327. The highest BCUT2D eigenvalue weighted by Gasteiger charge is 2.13. The SMILES string of the molecule is O=C(Nc1cccc2c(=O)[nH]ncc12)C(Cl)Cl. The molecule has 1 amide bonds. The molecule has 0 saturated carbocycles. The molecule has 2 N–H and O–H groups in total. The number of aromatic nitrogens is 2. The Bertz CT molecular complexity index is 624. The van der Waals surface area contributed by atoms with E-state index in [0.717, 1.165) is 0 Å². The van der Waals surface area contributed by atoms with Gasteiger partial charge in [0.1, 0.15) is 0 Å². The van der Waals surface area contributed by atoms with Crippen molar-refractivity contribution in [3.63, 3.8) is 0 Å². The molecule has 0 aliphatic heterocycles. The lowest BCUT2D eigenvalue weighted by Gasteiger charge is -2.07. The molecule has 2 aromatic rings. The summed E-state index contributed by atoms with van der Waals surface area (Å²) >= 11 is 10.9. The number of rotatable bonds is 2. The quantitative estimate of drug-likeness (QED) is 0.816. The van der Waals surface area contributed by atoms with Crippen molar-refractivity contribution < 1.29 is 4.79 Å². The summed E-state index contributed by atoms with van der Waals surface area (Å²) < 4.78 is 0. The van der Waals surface area contributed by atoms with E-state index in [-0.39, 0.29) is 5.56 Å². The van der Waals surface area contributed by atoms with Gasteiger partial charge >= 0.3 is 0 Å². The summed E-state index contributed by atoms with van der Waals surface area (Å²) in [6.07, 6.45) is 1.45. The van der Waals surface area contributed by atoms with Crippen LogP contribution in [0, 0.1) is 0 Å². The number of benzene rings is 1. The van der Waals surface area contributed by atoms with Crippen molar-refractivity contribution in [2.24, 2.45) is 0 Å². The molecular weight excluding hydrogens is 265 g/mol. The highest BCUT2D eigenvalue weighted by atomic mass is 35.5. The molecule has 7 heteroatoms. The summed E-state index contributed by atoms with van der Waals surface area (Å²) in [4.78, 5) is 21.7. The number of carbonyl (C=O) groups excluding carboxylic acids is 1. The topological polar surface area (TPSA) is 74.8 Å². The zero-order valence-corrected chi connectivity index (χ0v) is 9.92. The van der Waals surface area contributed by atoms with Gasteiger partial charge in [0.2, 0.25) is 0 Å². The molecule has 0 radical (unpaired) electrons. The number of nitrogens with one attached hydrogen (secondary N) is 2. The monoisotopic (exact) mass is 271 g/mol. The van der Waals surface area contributed by atoms with E-state index in [2.05, 4.69) is 15.5 Å². The normalized spacial score (nSPS) is 10.8. The van der Waals surface area contributed by atoms with Crippen LogP contribution in [0.1, 0.15) is 0 Å². The maximum absolute atomic E-state index is 11.5. The van der Waals surface area contributed by atoms with Crippen LogP contribution in [0.25, 0.3) is 10.8 Å². The van der Waals surface area contributed by atoms with E-state index in [1.165, 1.54) is 6.20 Å². The molecule has 1 heterocycles. The first-order valence-electron chi connectivity index (χ1n) is 4.65. The number of amides is 1. The third-order valence-electron chi connectivity index (χ3n) is 2.17. The fourth-order valence-corrected chi connectivity index (χ4v) is 1.52. The van der Waals surface area contributed by atoms with Gasteiger partial charge in [-0.1, -0.05) is 29.3 Å². The van der Waals surface area contributed by atoms with E-state index in [4.69, 9.17) is 23.2 Å². The van der Waals surface area contributed by atoms with Gasteiger partial charge in [-0.3, -0.25) is 9.59 Å². The molecule has 1 aromatic heterocycles. The van der Waals surface area contributed by atoms with Crippen molar-refractivity contribution in [3.8, 4) is 0 Å². The predicted octanol–water partition coefficient (Wildman–Crippen LogP) is 1.67. The summed E-state index contributed by atoms with van der Waals surface area (Å²) in [6.45, 7) is 0. The zero-order chi connectivity index (χ0) is 12.4. The Balaban J connectivity index is 2.52. The molecule has 0 unspecified atom stereocenters. The first-order valence-corrected chi connectivity index (χ1v) is 5.52. The molecule has 1 aromatic carbocycles. The molecule has 5 nitrogen and oxygen atoms in total. The average molecular weight is 272 g/mol. The van der Waals surface area contributed by atoms with Crippen LogP contribution in [0.3, 0.4) is 0 Å². The van der Waals surface area contributed by atoms with Crippen molar-refractivity contribution in [2.45, 2.75) is 4.84 Å². The molecule has 0 spiro atoms. The number of fused-ring (bicyclic) bond motifs is 1. The van der Waals surface area contributed by atoms with Crippen molar-refractivity contribution in [1.29, 1.82) is 0 Å². The number of anilines is 1. The number of nitrogens with zero attached hydrogens (tertiary/aromatic N) is 1. The summed E-state index contributed by atoms with van der Waals surface area (Å²) in [5, 5.41) is 9.45. The molecule has 0 saturated heterocycles. The van der Waals surface area contributed by atoms with Crippen LogP contribution in [0.2, 0.25) is 0 Å². The minimum Gasteiger partial charge on any atom is -0.323 e. The average Bonchev–Trinajstić information content (AvgIpc) is 2.30. The summed E-state index contributed by atoms with van der Waals surface area (Å²) in [5.74, 6) is -0.555. The maximum Gasteiger partial charge on any atom is 0.272 e. The van der Waals surface area contributed by atoms with Gasteiger partial charge in [0, 0.05) is 5.39 Å². The van der Waals surface area contributed by atoms with Crippen molar-refractivity contribution in [2.75, 3.05) is 5.32 Å². The number of carbonyl (C=O) groups is 1. The highest BCUT2D eigenvalue weighted by Crippen LogP contribution is 2.20. The van der Waals surface area contributed by atoms with E-state index in [1.807, 2.05) is 0 Å². The van der Waals surface area contributed by atoms with Crippen molar-refractivity contribution in [1.82, 2.24) is 10.2 Å². The molecule has 0 aliphatic rings. The summed E-state index contributed by atoms with van der Waals surface area (Å²) in [7, 11) is 0. The second-order valence-corrected chi connectivity index (χ2v) is 4.35. The number of alkyl halides is 2. The second kappa shape index (κ2) is 4.73. The Morgan fingerprint density at radius 2 is 2.12 bits per heavy atom.